The lowest BCUT2D eigenvalue weighted by Crippen LogP contribution is -2.28. The number of aromatic nitrogens is 1. The molecule has 1 saturated heterocycles. The van der Waals surface area contributed by atoms with Crippen LogP contribution in [0.15, 0.2) is 29.4 Å². The quantitative estimate of drug-likeness (QED) is 0.343. The summed E-state index contributed by atoms with van der Waals surface area (Å²) in [5.41, 5.74) is 0. The van der Waals surface area contributed by atoms with Gasteiger partial charge >= 0.3 is 6.09 Å². The summed E-state index contributed by atoms with van der Waals surface area (Å²) >= 11 is 1.50. The average molecular weight is 254 g/mol. The Morgan fingerprint density at radius 2 is 2.41 bits per heavy atom. The third kappa shape index (κ3) is 3.26. The molecule has 17 heavy (non-hydrogen) atoms. The van der Waals surface area contributed by atoms with E-state index < -0.39 is 0 Å². The summed E-state index contributed by atoms with van der Waals surface area (Å²) < 4.78 is 5.68. The van der Waals surface area contributed by atoms with Crippen LogP contribution in [0.4, 0.5) is 4.79 Å². The Morgan fingerprint density at radius 3 is 3.12 bits per heavy atom. The van der Waals surface area contributed by atoms with E-state index in [0.29, 0.717) is 24.7 Å². The molecule has 2 heterocycles. The van der Waals surface area contributed by atoms with E-state index in [2.05, 4.69) is 0 Å². The molecule has 0 N–H and O–H groups in total. The highest BCUT2D eigenvalue weighted by molar-refractivity contribution is 7.99. The number of carbonyl (C=O) groups is 1. The number of carbonyl (C=O) groups excluding carboxylic acids is 1. The van der Waals surface area contributed by atoms with Crippen LogP contribution in [0.2, 0.25) is 0 Å². The highest BCUT2D eigenvalue weighted by Gasteiger charge is 2.20. The van der Waals surface area contributed by atoms with Crippen molar-refractivity contribution in [1.82, 2.24) is 4.90 Å². The molecular weight excluding hydrogens is 240 g/mol. The number of ether oxygens (including phenoxy) is 1. The highest BCUT2D eigenvalue weighted by atomic mass is 32.2. The van der Waals surface area contributed by atoms with E-state index in [1.165, 1.54) is 18.0 Å². The van der Waals surface area contributed by atoms with E-state index in [1.807, 2.05) is 6.07 Å². The minimum atomic E-state index is -0.228. The van der Waals surface area contributed by atoms with Crippen LogP contribution in [0, 0.1) is 5.21 Å². The standard InChI is InChI=1S/C11H14N2O3S/c14-11-12(7-8-16-11)5-3-9-17-10-4-1-2-6-13(10)15/h1-2,4,6H,3,5,7-9H2. The van der Waals surface area contributed by atoms with Crippen molar-refractivity contribution in [3.8, 4) is 0 Å². The fourth-order valence-corrected chi connectivity index (χ4v) is 2.43. The van der Waals surface area contributed by atoms with Crippen LogP contribution in [0.3, 0.4) is 0 Å². The zero-order valence-electron chi connectivity index (χ0n) is 9.37. The van der Waals surface area contributed by atoms with Gasteiger partial charge in [-0.15, -0.1) is 0 Å². The highest BCUT2D eigenvalue weighted by Crippen LogP contribution is 2.14. The van der Waals surface area contributed by atoms with Crippen molar-refractivity contribution in [1.29, 1.82) is 0 Å². The molecule has 1 aliphatic rings. The number of rotatable bonds is 5. The van der Waals surface area contributed by atoms with Gasteiger partial charge in [-0.05, 0) is 12.5 Å². The van der Waals surface area contributed by atoms with Gasteiger partial charge in [-0.2, -0.15) is 4.73 Å². The lowest BCUT2D eigenvalue weighted by Gasteiger charge is -2.11. The number of hydrogen-bond donors (Lipinski definition) is 0. The van der Waals surface area contributed by atoms with Gasteiger partial charge in [0.15, 0.2) is 6.20 Å². The normalized spacial score (nSPS) is 15.1. The molecule has 2 rings (SSSR count). The van der Waals surface area contributed by atoms with E-state index in [-0.39, 0.29) is 6.09 Å². The maximum absolute atomic E-state index is 11.3. The summed E-state index contributed by atoms with van der Waals surface area (Å²) in [4.78, 5) is 12.8. The Labute approximate surface area is 104 Å². The van der Waals surface area contributed by atoms with Gasteiger partial charge in [0.2, 0.25) is 0 Å². The van der Waals surface area contributed by atoms with Crippen molar-refractivity contribution in [3.63, 3.8) is 0 Å². The third-order valence-corrected chi connectivity index (χ3v) is 3.56. The first-order valence-corrected chi connectivity index (χ1v) is 6.48. The van der Waals surface area contributed by atoms with Gasteiger partial charge in [-0.3, -0.25) is 0 Å². The van der Waals surface area contributed by atoms with Gasteiger partial charge in [0.05, 0.1) is 6.54 Å². The molecule has 0 atom stereocenters. The number of thioether (sulfide) groups is 1. The van der Waals surface area contributed by atoms with Crippen molar-refractivity contribution in [2.75, 3.05) is 25.4 Å². The van der Waals surface area contributed by atoms with Gasteiger partial charge in [0, 0.05) is 24.4 Å². The minimum absolute atomic E-state index is 0.228. The Bertz CT molecular complexity index is 400. The van der Waals surface area contributed by atoms with E-state index >= 15 is 0 Å². The van der Waals surface area contributed by atoms with Gasteiger partial charge in [-0.1, -0.05) is 11.8 Å². The number of hydrogen-bond acceptors (Lipinski definition) is 4. The number of cyclic esters (lactones) is 1. The van der Waals surface area contributed by atoms with Gasteiger partial charge in [0.1, 0.15) is 6.61 Å². The van der Waals surface area contributed by atoms with E-state index in [0.717, 1.165) is 16.9 Å². The lowest BCUT2D eigenvalue weighted by atomic mass is 10.4. The zero-order chi connectivity index (χ0) is 12.1. The maximum Gasteiger partial charge on any atom is 0.409 e. The summed E-state index contributed by atoms with van der Waals surface area (Å²) in [6, 6.07) is 5.34. The van der Waals surface area contributed by atoms with Crippen molar-refractivity contribution in [2.45, 2.75) is 11.4 Å². The topological polar surface area (TPSA) is 56.5 Å². The first kappa shape index (κ1) is 12.0. The monoisotopic (exact) mass is 254 g/mol. The molecule has 1 fully saturated rings. The Hall–Kier alpha value is -1.43. The molecule has 1 amide bonds. The number of amides is 1. The molecular formula is C11H14N2O3S. The van der Waals surface area contributed by atoms with Crippen LogP contribution >= 0.6 is 11.8 Å². The number of pyridine rings is 1. The van der Waals surface area contributed by atoms with Crippen LogP contribution in [0.1, 0.15) is 6.42 Å². The minimum Gasteiger partial charge on any atom is -0.618 e. The Kier molecular flexibility index (Phi) is 4.08. The van der Waals surface area contributed by atoms with Crippen LogP contribution in [-0.2, 0) is 4.74 Å². The maximum atomic E-state index is 11.3. The van der Waals surface area contributed by atoms with Crippen molar-refractivity contribution in [3.05, 3.63) is 29.6 Å². The fraction of sp³-hybridized carbons (Fsp3) is 0.455. The first-order chi connectivity index (χ1) is 8.27. The molecule has 1 aromatic rings. The largest absolute Gasteiger partial charge is 0.618 e. The van der Waals surface area contributed by atoms with E-state index in [9.17, 15) is 10.0 Å². The van der Waals surface area contributed by atoms with Gasteiger partial charge in [0.25, 0.3) is 5.03 Å². The van der Waals surface area contributed by atoms with Crippen LogP contribution in [0.25, 0.3) is 0 Å². The SMILES string of the molecule is O=C1OCCN1CCCSc1cccc[n+]1[O-]. The van der Waals surface area contributed by atoms with Crippen LogP contribution in [-0.4, -0.2) is 36.4 Å². The molecule has 1 aliphatic heterocycles. The zero-order valence-corrected chi connectivity index (χ0v) is 10.2. The predicted octanol–water partition coefficient (Wildman–Crippen LogP) is 1.25. The molecule has 0 unspecified atom stereocenters. The van der Waals surface area contributed by atoms with Gasteiger partial charge in [-0.25, -0.2) is 4.79 Å². The summed E-state index contributed by atoms with van der Waals surface area (Å²) in [5.74, 6) is 0.816. The van der Waals surface area contributed by atoms with Crippen molar-refractivity contribution < 1.29 is 14.3 Å². The van der Waals surface area contributed by atoms with Crippen LogP contribution < -0.4 is 4.73 Å². The summed E-state index contributed by atoms with van der Waals surface area (Å²) in [6.07, 6.45) is 2.11. The van der Waals surface area contributed by atoms with E-state index in [4.69, 9.17) is 4.74 Å². The molecule has 0 spiro atoms. The summed E-state index contributed by atoms with van der Waals surface area (Å²) in [7, 11) is 0. The van der Waals surface area contributed by atoms with Crippen molar-refractivity contribution >= 4 is 17.9 Å². The molecule has 0 aliphatic carbocycles. The summed E-state index contributed by atoms with van der Waals surface area (Å²) in [6.45, 7) is 1.86. The first-order valence-electron chi connectivity index (χ1n) is 5.50. The second-order valence-electron chi connectivity index (χ2n) is 3.67. The van der Waals surface area contributed by atoms with E-state index in [1.54, 1.807) is 17.0 Å². The summed E-state index contributed by atoms with van der Waals surface area (Å²) in [5, 5.41) is 12.0. The molecule has 0 bridgehead atoms. The molecule has 92 valence electrons. The number of nitrogens with zero attached hydrogens (tertiary/aromatic N) is 2. The predicted molar refractivity (Wildman–Crippen MR) is 63.7 cm³/mol. The lowest BCUT2D eigenvalue weighted by molar-refractivity contribution is -0.645. The molecule has 0 aromatic carbocycles. The van der Waals surface area contributed by atoms with Gasteiger partial charge < -0.3 is 14.8 Å². The van der Waals surface area contributed by atoms with Crippen LogP contribution in [0.5, 0.6) is 0 Å². The molecule has 6 heteroatoms. The fourth-order valence-electron chi connectivity index (χ4n) is 1.59. The van der Waals surface area contributed by atoms with Crippen molar-refractivity contribution in [2.24, 2.45) is 0 Å². The Morgan fingerprint density at radius 1 is 1.53 bits per heavy atom. The molecule has 0 saturated carbocycles. The Balaban J connectivity index is 1.70. The smallest absolute Gasteiger partial charge is 0.409 e. The second-order valence-corrected chi connectivity index (χ2v) is 4.78. The molecule has 0 radical (unpaired) electrons. The second kappa shape index (κ2) is 5.77. The molecule has 1 aromatic heterocycles. The molecule has 5 nitrogen and oxygen atoms in total. The third-order valence-electron chi connectivity index (χ3n) is 2.46. The average Bonchev–Trinajstić information content (AvgIpc) is 2.73.